The average Bonchev–Trinajstić information content (AvgIpc) is 3.02. The molecule has 27 heavy (non-hydrogen) atoms. The van der Waals surface area contributed by atoms with Crippen molar-refractivity contribution in [3.05, 3.63) is 17.5 Å². The Morgan fingerprint density at radius 2 is 1.74 bits per heavy atom. The van der Waals surface area contributed by atoms with Crippen LogP contribution in [-0.2, 0) is 12.0 Å². The zero-order chi connectivity index (χ0) is 19.2. The van der Waals surface area contributed by atoms with Crippen LogP contribution in [0.1, 0.15) is 95.2 Å². The summed E-state index contributed by atoms with van der Waals surface area (Å²) in [6.07, 6.45) is 10.2. The maximum Gasteiger partial charge on any atom is 0.269 e. The summed E-state index contributed by atoms with van der Waals surface area (Å²) in [6.45, 7) is 9.57. The van der Waals surface area contributed by atoms with Crippen LogP contribution in [0.3, 0.4) is 0 Å². The van der Waals surface area contributed by atoms with Crippen molar-refractivity contribution < 1.29 is 4.79 Å². The topological polar surface area (TPSA) is 46.9 Å². The molecule has 0 radical (unpaired) electrons. The van der Waals surface area contributed by atoms with Crippen LogP contribution in [0.5, 0.6) is 0 Å². The molecule has 150 valence electrons. The van der Waals surface area contributed by atoms with Crippen molar-refractivity contribution >= 4 is 5.91 Å². The molecule has 1 amide bonds. The van der Waals surface area contributed by atoms with E-state index in [1.165, 1.54) is 44.9 Å². The van der Waals surface area contributed by atoms with Crippen LogP contribution in [0.2, 0.25) is 0 Å². The maximum absolute atomic E-state index is 13.3. The van der Waals surface area contributed by atoms with Gasteiger partial charge < -0.3 is 5.32 Å². The number of nitrogens with one attached hydrogen (secondary N) is 1. The summed E-state index contributed by atoms with van der Waals surface area (Å²) in [5.41, 5.74) is 1.76. The molecule has 1 aromatic heterocycles. The standard InChI is InChI=1S/C23H37N3O/c1-5-6-7-8-26-19(14-20(25-26)23(2,3)4)22(27)24-21-17-10-15-9-16(12-17)13-18(21)11-15/h14-18,21H,5-13H2,1-4H3,(H,24,27). The van der Waals surface area contributed by atoms with Crippen LogP contribution in [0.25, 0.3) is 0 Å². The number of carbonyl (C=O) groups excluding carboxylic acids is 1. The van der Waals surface area contributed by atoms with Gasteiger partial charge in [-0.15, -0.1) is 0 Å². The van der Waals surface area contributed by atoms with Crippen LogP contribution >= 0.6 is 0 Å². The lowest BCUT2D eigenvalue weighted by molar-refractivity contribution is -0.0120. The molecule has 0 aromatic carbocycles. The molecule has 4 nitrogen and oxygen atoms in total. The maximum atomic E-state index is 13.3. The molecular formula is C23H37N3O. The van der Waals surface area contributed by atoms with Gasteiger partial charge in [0, 0.05) is 18.0 Å². The molecule has 4 fully saturated rings. The largest absolute Gasteiger partial charge is 0.347 e. The average molecular weight is 372 g/mol. The van der Waals surface area contributed by atoms with Crippen LogP contribution < -0.4 is 5.32 Å². The Morgan fingerprint density at radius 3 is 2.30 bits per heavy atom. The highest BCUT2D eigenvalue weighted by molar-refractivity contribution is 5.93. The molecule has 1 N–H and O–H groups in total. The van der Waals surface area contributed by atoms with Gasteiger partial charge in [-0.2, -0.15) is 5.10 Å². The fourth-order valence-corrected chi connectivity index (χ4v) is 6.03. The van der Waals surface area contributed by atoms with E-state index in [-0.39, 0.29) is 11.3 Å². The molecule has 0 unspecified atom stereocenters. The summed E-state index contributed by atoms with van der Waals surface area (Å²) >= 11 is 0. The Balaban J connectivity index is 1.51. The molecule has 0 saturated heterocycles. The van der Waals surface area contributed by atoms with Gasteiger partial charge in [0.15, 0.2) is 0 Å². The first-order valence-corrected chi connectivity index (χ1v) is 11.2. The fourth-order valence-electron chi connectivity index (χ4n) is 6.03. The molecule has 0 atom stereocenters. The van der Waals surface area contributed by atoms with Gasteiger partial charge in [-0.3, -0.25) is 9.48 Å². The van der Waals surface area contributed by atoms with Crippen LogP contribution in [-0.4, -0.2) is 21.7 Å². The number of hydrogen-bond acceptors (Lipinski definition) is 2. The minimum atomic E-state index is -0.0341. The Bertz CT molecular complexity index is 656. The number of carbonyl (C=O) groups is 1. The first kappa shape index (κ1) is 19.0. The lowest BCUT2D eigenvalue weighted by Gasteiger charge is -2.54. The van der Waals surface area contributed by atoms with Crippen molar-refractivity contribution in [3.8, 4) is 0 Å². The van der Waals surface area contributed by atoms with Gasteiger partial charge in [-0.1, -0.05) is 40.5 Å². The number of unbranched alkanes of at least 4 members (excludes halogenated alkanes) is 2. The highest BCUT2D eigenvalue weighted by Gasteiger charge is 2.48. The van der Waals surface area contributed by atoms with Gasteiger partial charge in [-0.05, 0) is 68.3 Å². The minimum Gasteiger partial charge on any atom is -0.347 e. The van der Waals surface area contributed by atoms with Gasteiger partial charge >= 0.3 is 0 Å². The molecule has 0 aliphatic heterocycles. The number of hydrogen-bond donors (Lipinski definition) is 1. The Hall–Kier alpha value is -1.32. The Labute approximate surface area is 164 Å². The SMILES string of the molecule is CCCCCn1nc(C(C)(C)C)cc1C(=O)NC1C2CC3CC(C2)CC1C3. The van der Waals surface area contributed by atoms with Crippen LogP contribution in [0, 0.1) is 23.7 Å². The Kier molecular flexibility index (Phi) is 5.11. The first-order valence-electron chi connectivity index (χ1n) is 11.2. The van der Waals surface area contributed by atoms with E-state index in [2.05, 4.69) is 33.0 Å². The number of nitrogens with zero attached hydrogens (tertiary/aromatic N) is 2. The van der Waals surface area contributed by atoms with Gasteiger partial charge in [0.05, 0.1) is 5.69 Å². The summed E-state index contributed by atoms with van der Waals surface area (Å²) in [5.74, 6) is 3.40. The predicted molar refractivity (Wildman–Crippen MR) is 109 cm³/mol. The molecule has 5 rings (SSSR count). The summed E-state index contributed by atoms with van der Waals surface area (Å²) in [6, 6.07) is 2.43. The highest BCUT2D eigenvalue weighted by Crippen LogP contribution is 2.53. The van der Waals surface area contributed by atoms with E-state index < -0.39 is 0 Å². The van der Waals surface area contributed by atoms with E-state index in [1.54, 1.807) is 0 Å². The lowest BCUT2D eigenvalue weighted by Crippen LogP contribution is -2.56. The molecule has 4 heteroatoms. The lowest BCUT2D eigenvalue weighted by atomic mass is 9.54. The summed E-state index contributed by atoms with van der Waals surface area (Å²) < 4.78 is 1.97. The van der Waals surface area contributed by atoms with E-state index in [9.17, 15) is 4.79 Å². The second kappa shape index (κ2) is 7.25. The zero-order valence-corrected chi connectivity index (χ0v) is 17.6. The van der Waals surface area contributed by atoms with E-state index in [4.69, 9.17) is 5.10 Å². The van der Waals surface area contributed by atoms with E-state index in [0.29, 0.717) is 17.9 Å². The van der Waals surface area contributed by atoms with Crippen molar-refractivity contribution in [2.75, 3.05) is 0 Å². The number of rotatable bonds is 6. The molecule has 1 heterocycles. The second-order valence-corrected chi connectivity index (χ2v) is 10.5. The third-order valence-electron chi connectivity index (χ3n) is 7.28. The van der Waals surface area contributed by atoms with Gasteiger partial charge in [0.25, 0.3) is 5.91 Å². The van der Waals surface area contributed by atoms with E-state index in [1.807, 2.05) is 10.7 Å². The van der Waals surface area contributed by atoms with Crippen molar-refractivity contribution in [2.45, 2.75) is 97.1 Å². The van der Waals surface area contributed by atoms with Crippen molar-refractivity contribution in [3.63, 3.8) is 0 Å². The number of amides is 1. The third kappa shape index (κ3) is 3.82. The summed E-state index contributed by atoms with van der Waals surface area (Å²) in [4.78, 5) is 13.3. The smallest absolute Gasteiger partial charge is 0.269 e. The fraction of sp³-hybridized carbons (Fsp3) is 0.826. The molecule has 4 aliphatic rings. The van der Waals surface area contributed by atoms with Gasteiger partial charge in [-0.25, -0.2) is 0 Å². The Morgan fingerprint density at radius 1 is 1.11 bits per heavy atom. The predicted octanol–water partition coefficient (Wildman–Crippen LogP) is 4.93. The summed E-state index contributed by atoms with van der Waals surface area (Å²) in [7, 11) is 0. The van der Waals surface area contributed by atoms with E-state index >= 15 is 0 Å². The van der Waals surface area contributed by atoms with Gasteiger partial charge in [0.2, 0.25) is 0 Å². The number of aryl methyl sites for hydroxylation is 1. The molecule has 4 aliphatic carbocycles. The first-order chi connectivity index (χ1) is 12.8. The zero-order valence-electron chi connectivity index (χ0n) is 17.6. The highest BCUT2D eigenvalue weighted by atomic mass is 16.2. The van der Waals surface area contributed by atoms with Crippen molar-refractivity contribution in [1.29, 1.82) is 0 Å². The summed E-state index contributed by atoms with van der Waals surface area (Å²) in [5, 5.41) is 8.29. The molecule has 4 saturated carbocycles. The third-order valence-corrected chi connectivity index (χ3v) is 7.28. The monoisotopic (exact) mass is 371 g/mol. The minimum absolute atomic E-state index is 0.0341. The van der Waals surface area contributed by atoms with Gasteiger partial charge in [0.1, 0.15) is 5.69 Å². The second-order valence-electron chi connectivity index (χ2n) is 10.5. The van der Waals surface area contributed by atoms with Crippen molar-refractivity contribution in [2.24, 2.45) is 23.7 Å². The van der Waals surface area contributed by atoms with E-state index in [0.717, 1.165) is 36.2 Å². The van der Waals surface area contributed by atoms with Crippen molar-refractivity contribution in [1.82, 2.24) is 15.1 Å². The molecule has 1 aromatic rings. The number of aromatic nitrogens is 2. The van der Waals surface area contributed by atoms with Crippen LogP contribution in [0.15, 0.2) is 6.07 Å². The molecule has 0 spiro atoms. The normalized spacial score (nSPS) is 32.1. The quantitative estimate of drug-likeness (QED) is 0.721. The molecular weight excluding hydrogens is 334 g/mol. The van der Waals surface area contributed by atoms with Crippen LogP contribution in [0.4, 0.5) is 0 Å². The molecule has 4 bridgehead atoms.